The van der Waals surface area contributed by atoms with Gasteiger partial charge in [0.25, 0.3) is 11.2 Å². The van der Waals surface area contributed by atoms with Crippen molar-refractivity contribution in [1.29, 1.82) is 5.26 Å². The van der Waals surface area contributed by atoms with Crippen LogP contribution in [0.25, 0.3) is 0 Å². The second kappa shape index (κ2) is 10.2. The Bertz CT molecular complexity index is 1070. The number of pyridine rings is 1. The molecule has 1 N–H and O–H groups in total. The number of methoxy groups -OCH3 is 1. The lowest BCUT2D eigenvalue weighted by Gasteiger charge is -2.13. The lowest BCUT2D eigenvalue weighted by atomic mass is 10.1. The highest BCUT2D eigenvalue weighted by Crippen LogP contribution is 2.32. The summed E-state index contributed by atoms with van der Waals surface area (Å²) in [6.07, 6.45) is 1.65. The SMILES string of the molecule is CCOc1ccc(N=Cc2c(C)c(C#N)c(=O)n(CCCOC)c2O)c([N+](=O)[O-])c1. The quantitative estimate of drug-likeness (QED) is 0.288. The number of aromatic nitrogens is 1. The number of nitrogens with zero attached hydrogens (tertiary/aromatic N) is 4. The first-order valence-corrected chi connectivity index (χ1v) is 9.16. The molecule has 2 aromatic rings. The van der Waals surface area contributed by atoms with Crippen LogP contribution < -0.4 is 10.3 Å². The summed E-state index contributed by atoms with van der Waals surface area (Å²) in [6.45, 7) is 4.13. The van der Waals surface area contributed by atoms with Crippen LogP contribution in [0.5, 0.6) is 11.6 Å². The minimum atomic E-state index is -0.618. The molecule has 1 aromatic carbocycles. The summed E-state index contributed by atoms with van der Waals surface area (Å²) in [6, 6.07) is 6.07. The number of nitro benzene ring substituents is 1. The highest BCUT2D eigenvalue weighted by atomic mass is 16.6. The maximum absolute atomic E-state index is 12.5. The highest BCUT2D eigenvalue weighted by molar-refractivity contribution is 5.88. The van der Waals surface area contributed by atoms with Gasteiger partial charge in [-0.3, -0.25) is 19.5 Å². The molecule has 30 heavy (non-hydrogen) atoms. The molecule has 0 saturated heterocycles. The minimum absolute atomic E-state index is 0.0397. The van der Waals surface area contributed by atoms with Crippen LogP contribution in [0.3, 0.4) is 0 Å². The lowest BCUT2D eigenvalue weighted by Crippen LogP contribution is -2.26. The van der Waals surface area contributed by atoms with E-state index < -0.39 is 10.5 Å². The number of hydrogen-bond donors (Lipinski definition) is 1. The minimum Gasteiger partial charge on any atom is -0.494 e. The second-order valence-corrected chi connectivity index (χ2v) is 6.25. The third-order valence-corrected chi connectivity index (χ3v) is 4.36. The molecule has 2 rings (SSSR count). The van der Waals surface area contributed by atoms with E-state index in [0.29, 0.717) is 25.4 Å². The van der Waals surface area contributed by atoms with Crippen LogP contribution in [0.4, 0.5) is 11.4 Å². The number of aliphatic imine (C=N–C) groups is 1. The molecule has 10 nitrogen and oxygen atoms in total. The predicted octanol–water partition coefficient (Wildman–Crippen LogP) is 2.83. The summed E-state index contributed by atoms with van der Waals surface area (Å²) in [5, 5.41) is 31.4. The van der Waals surface area contributed by atoms with E-state index in [1.54, 1.807) is 13.0 Å². The zero-order valence-electron chi connectivity index (χ0n) is 16.9. The van der Waals surface area contributed by atoms with E-state index in [1.165, 1.54) is 32.4 Å². The van der Waals surface area contributed by atoms with Gasteiger partial charge in [-0.25, -0.2) is 4.99 Å². The Morgan fingerprint density at radius 3 is 2.77 bits per heavy atom. The summed E-state index contributed by atoms with van der Waals surface area (Å²) < 4.78 is 11.3. The van der Waals surface area contributed by atoms with Crippen LogP contribution >= 0.6 is 0 Å². The van der Waals surface area contributed by atoms with Gasteiger partial charge in [0.1, 0.15) is 23.1 Å². The molecule has 10 heteroatoms. The van der Waals surface area contributed by atoms with E-state index in [9.17, 15) is 25.3 Å². The smallest absolute Gasteiger partial charge is 0.298 e. The van der Waals surface area contributed by atoms with Crippen molar-refractivity contribution >= 4 is 17.6 Å². The average molecular weight is 414 g/mol. The van der Waals surface area contributed by atoms with Crippen molar-refractivity contribution in [1.82, 2.24) is 4.57 Å². The summed E-state index contributed by atoms with van der Waals surface area (Å²) in [4.78, 5) is 27.4. The topological polar surface area (TPSA) is 140 Å². The Kier molecular flexibility index (Phi) is 7.66. The molecule has 0 atom stereocenters. The highest BCUT2D eigenvalue weighted by Gasteiger charge is 2.19. The molecule has 0 radical (unpaired) electrons. The fourth-order valence-electron chi connectivity index (χ4n) is 2.85. The van der Waals surface area contributed by atoms with E-state index in [2.05, 4.69) is 4.99 Å². The van der Waals surface area contributed by atoms with Crippen molar-refractivity contribution < 1.29 is 19.5 Å². The molecule has 0 bridgehead atoms. The van der Waals surface area contributed by atoms with E-state index in [1.807, 2.05) is 6.07 Å². The largest absolute Gasteiger partial charge is 0.494 e. The van der Waals surface area contributed by atoms with Gasteiger partial charge in [0.15, 0.2) is 0 Å². The van der Waals surface area contributed by atoms with Gasteiger partial charge >= 0.3 is 0 Å². The van der Waals surface area contributed by atoms with Crippen molar-refractivity contribution in [2.45, 2.75) is 26.8 Å². The van der Waals surface area contributed by atoms with Gasteiger partial charge in [-0.2, -0.15) is 5.26 Å². The Hall–Kier alpha value is -3.71. The van der Waals surface area contributed by atoms with Gasteiger partial charge in [-0.15, -0.1) is 0 Å². The van der Waals surface area contributed by atoms with Gasteiger partial charge in [0.2, 0.25) is 5.88 Å². The first-order valence-electron chi connectivity index (χ1n) is 9.16. The zero-order chi connectivity index (χ0) is 22.3. The van der Waals surface area contributed by atoms with Crippen molar-refractivity contribution in [2.24, 2.45) is 4.99 Å². The number of hydrogen-bond acceptors (Lipinski definition) is 8. The number of aromatic hydroxyl groups is 1. The second-order valence-electron chi connectivity index (χ2n) is 6.25. The van der Waals surface area contributed by atoms with Gasteiger partial charge in [0, 0.05) is 26.5 Å². The first kappa shape index (κ1) is 22.6. The molecular formula is C20H22N4O6. The first-order chi connectivity index (χ1) is 14.3. The van der Waals surface area contributed by atoms with Crippen LogP contribution in [0, 0.1) is 28.4 Å². The third kappa shape index (κ3) is 4.82. The average Bonchev–Trinajstić information content (AvgIpc) is 2.71. The molecule has 0 aliphatic rings. The summed E-state index contributed by atoms with van der Waals surface area (Å²) in [5.41, 5.74) is -0.617. The van der Waals surface area contributed by atoms with Crippen LogP contribution in [-0.4, -0.2) is 41.1 Å². The van der Waals surface area contributed by atoms with Gasteiger partial charge in [-0.1, -0.05) is 0 Å². The van der Waals surface area contributed by atoms with Gasteiger partial charge in [0.05, 0.1) is 23.2 Å². The van der Waals surface area contributed by atoms with Crippen LogP contribution in [0.15, 0.2) is 28.0 Å². The summed E-state index contributed by atoms with van der Waals surface area (Å²) in [5.74, 6) is -0.0365. The predicted molar refractivity (Wildman–Crippen MR) is 110 cm³/mol. The van der Waals surface area contributed by atoms with Gasteiger partial charge in [-0.05, 0) is 38.0 Å². The van der Waals surface area contributed by atoms with E-state index >= 15 is 0 Å². The number of rotatable bonds is 9. The molecule has 158 valence electrons. The number of nitro groups is 1. The maximum Gasteiger partial charge on any atom is 0.298 e. The number of nitriles is 1. The molecule has 0 aliphatic heterocycles. The molecule has 1 heterocycles. The molecule has 0 amide bonds. The fraction of sp³-hybridized carbons (Fsp3) is 0.350. The van der Waals surface area contributed by atoms with Crippen LogP contribution in [-0.2, 0) is 11.3 Å². The van der Waals surface area contributed by atoms with Crippen molar-refractivity contribution in [3.8, 4) is 17.7 Å². The fourth-order valence-corrected chi connectivity index (χ4v) is 2.85. The monoisotopic (exact) mass is 414 g/mol. The molecule has 0 aliphatic carbocycles. The van der Waals surface area contributed by atoms with Crippen molar-refractivity contribution in [2.75, 3.05) is 20.3 Å². The zero-order valence-corrected chi connectivity index (χ0v) is 16.9. The Balaban J connectivity index is 2.56. The van der Waals surface area contributed by atoms with Crippen LogP contribution in [0.2, 0.25) is 0 Å². The molecule has 1 aromatic heterocycles. The molecule has 0 unspecified atom stereocenters. The molecule has 0 saturated carbocycles. The Morgan fingerprint density at radius 2 is 2.17 bits per heavy atom. The van der Waals surface area contributed by atoms with Crippen molar-refractivity contribution in [3.63, 3.8) is 0 Å². The van der Waals surface area contributed by atoms with E-state index in [4.69, 9.17) is 9.47 Å². The standard InChI is InChI=1S/C20H22N4O6/c1-4-30-14-6-7-17(18(10-14)24(27)28)22-12-16-13(2)15(11-21)19(25)23(20(16)26)8-5-9-29-3/h6-7,10,12,26H,4-5,8-9H2,1-3H3. The van der Waals surface area contributed by atoms with Crippen molar-refractivity contribution in [3.05, 3.63) is 55.4 Å². The Morgan fingerprint density at radius 1 is 1.43 bits per heavy atom. The van der Waals surface area contributed by atoms with E-state index in [-0.39, 0.29) is 40.5 Å². The molecule has 0 spiro atoms. The van der Waals surface area contributed by atoms with E-state index in [0.717, 1.165) is 4.57 Å². The molecule has 0 fully saturated rings. The number of benzene rings is 1. The maximum atomic E-state index is 12.5. The summed E-state index contributed by atoms with van der Waals surface area (Å²) >= 11 is 0. The van der Waals surface area contributed by atoms with Gasteiger partial charge < -0.3 is 14.6 Å². The molecular weight excluding hydrogens is 392 g/mol. The third-order valence-electron chi connectivity index (χ3n) is 4.36. The number of ether oxygens (including phenoxy) is 2. The Labute approximate surface area is 172 Å². The van der Waals surface area contributed by atoms with Crippen LogP contribution in [0.1, 0.15) is 30.0 Å². The summed E-state index contributed by atoms with van der Waals surface area (Å²) in [7, 11) is 1.51. The lowest BCUT2D eigenvalue weighted by molar-refractivity contribution is -0.384. The normalized spacial score (nSPS) is 10.9.